The van der Waals surface area contributed by atoms with Crippen molar-refractivity contribution in [2.75, 3.05) is 0 Å². The molecule has 1 aromatic carbocycles. The van der Waals surface area contributed by atoms with Crippen molar-refractivity contribution >= 4 is 23.2 Å². The fourth-order valence-corrected chi connectivity index (χ4v) is 2.14. The highest BCUT2D eigenvalue weighted by molar-refractivity contribution is 6.35. The van der Waals surface area contributed by atoms with Gasteiger partial charge in [-0.1, -0.05) is 22.8 Å². The number of nitrogens with one attached hydrogen (secondary N) is 1. The molecular formula is C13H12ClN3O4. The van der Waals surface area contributed by atoms with Gasteiger partial charge >= 0.3 is 0 Å². The molecule has 1 heterocycles. The van der Waals surface area contributed by atoms with Crippen molar-refractivity contribution in [2.45, 2.75) is 20.4 Å². The van der Waals surface area contributed by atoms with Gasteiger partial charge in [0.15, 0.2) is 0 Å². The van der Waals surface area contributed by atoms with Gasteiger partial charge in [0.1, 0.15) is 10.8 Å². The SMILES string of the molecule is Cc1noc(C)c1CNC(=O)c1cccc([N+](=O)[O-])c1Cl. The third kappa shape index (κ3) is 3.03. The molecule has 7 nitrogen and oxygen atoms in total. The van der Waals surface area contributed by atoms with Crippen LogP contribution in [0.3, 0.4) is 0 Å². The molecule has 0 aliphatic rings. The van der Waals surface area contributed by atoms with E-state index in [4.69, 9.17) is 16.1 Å². The van der Waals surface area contributed by atoms with Gasteiger partial charge in [-0.15, -0.1) is 0 Å². The van der Waals surface area contributed by atoms with Gasteiger partial charge < -0.3 is 9.84 Å². The molecule has 21 heavy (non-hydrogen) atoms. The predicted octanol–water partition coefficient (Wildman–Crippen LogP) is 2.78. The third-order valence-electron chi connectivity index (χ3n) is 3.03. The van der Waals surface area contributed by atoms with Crippen LogP contribution in [0.2, 0.25) is 5.02 Å². The van der Waals surface area contributed by atoms with Crippen LogP contribution in [-0.4, -0.2) is 16.0 Å². The lowest BCUT2D eigenvalue weighted by molar-refractivity contribution is -0.384. The number of hydrogen-bond acceptors (Lipinski definition) is 5. The summed E-state index contributed by atoms with van der Waals surface area (Å²) in [4.78, 5) is 22.3. The van der Waals surface area contributed by atoms with Crippen molar-refractivity contribution in [2.24, 2.45) is 0 Å². The van der Waals surface area contributed by atoms with Gasteiger partial charge in [-0.25, -0.2) is 0 Å². The number of nitro benzene ring substituents is 1. The van der Waals surface area contributed by atoms with Crippen molar-refractivity contribution in [1.82, 2.24) is 10.5 Å². The maximum atomic E-state index is 12.1. The van der Waals surface area contributed by atoms with Crippen LogP contribution in [0.5, 0.6) is 0 Å². The lowest BCUT2D eigenvalue weighted by Gasteiger charge is -2.06. The lowest BCUT2D eigenvalue weighted by Crippen LogP contribution is -2.23. The normalized spacial score (nSPS) is 10.4. The minimum Gasteiger partial charge on any atom is -0.361 e. The third-order valence-corrected chi connectivity index (χ3v) is 3.42. The largest absolute Gasteiger partial charge is 0.361 e. The Morgan fingerprint density at radius 1 is 1.48 bits per heavy atom. The molecule has 0 radical (unpaired) electrons. The summed E-state index contributed by atoms with van der Waals surface area (Å²) in [5.41, 5.74) is 1.20. The fraction of sp³-hybridized carbons (Fsp3) is 0.231. The zero-order chi connectivity index (χ0) is 15.6. The Morgan fingerprint density at radius 3 is 2.76 bits per heavy atom. The first-order valence-electron chi connectivity index (χ1n) is 6.04. The molecule has 2 aromatic rings. The molecule has 0 aliphatic heterocycles. The van der Waals surface area contributed by atoms with Gasteiger partial charge in [0.2, 0.25) is 0 Å². The first-order chi connectivity index (χ1) is 9.91. The summed E-state index contributed by atoms with van der Waals surface area (Å²) in [6, 6.07) is 4.08. The first kappa shape index (κ1) is 15.0. The maximum Gasteiger partial charge on any atom is 0.288 e. The summed E-state index contributed by atoms with van der Waals surface area (Å²) in [5, 5.41) is 17.0. The smallest absolute Gasteiger partial charge is 0.288 e. The highest BCUT2D eigenvalue weighted by Gasteiger charge is 2.20. The Bertz CT molecular complexity index is 692. The van der Waals surface area contributed by atoms with E-state index in [1.54, 1.807) is 13.8 Å². The number of aryl methyl sites for hydroxylation is 2. The number of rotatable bonds is 4. The Labute approximate surface area is 125 Å². The Kier molecular flexibility index (Phi) is 4.23. The van der Waals surface area contributed by atoms with Gasteiger partial charge in [-0.3, -0.25) is 14.9 Å². The molecule has 0 spiro atoms. The van der Waals surface area contributed by atoms with Crippen molar-refractivity contribution < 1.29 is 14.2 Å². The summed E-state index contributed by atoms with van der Waals surface area (Å²) < 4.78 is 4.99. The number of nitrogens with zero attached hydrogens (tertiary/aromatic N) is 2. The molecule has 0 saturated heterocycles. The van der Waals surface area contributed by atoms with E-state index in [0.717, 1.165) is 5.56 Å². The van der Waals surface area contributed by atoms with Gasteiger partial charge in [-0.2, -0.15) is 0 Å². The van der Waals surface area contributed by atoms with Crippen LogP contribution in [-0.2, 0) is 6.54 Å². The summed E-state index contributed by atoms with van der Waals surface area (Å²) >= 11 is 5.89. The lowest BCUT2D eigenvalue weighted by atomic mass is 10.1. The summed E-state index contributed by atoms with van der Waals surface area (Å²) in [6.45, 7) is 3.71. The molecule has 0 bridgehead atoms. The maximum absolute atomic E-state index is 12.1. The van der Waals surface area contributed by atoms with Crippen molar-refractivity contribution in [3.8, 4) is 0 Å². The van der Waals surface area contributed by atoms with E-state index < -0.39 is 10.8 Å². The highest BCUT2D eigenvalue weighted by Crippen LogP contribution is 2.27. The standard InChI is InChI=1S/C13H12ClN3O4/c1-7-10(8(2)21-16-7)6-15-13(18)9-4-3-5-11(12(9)14)17(19)20/h3-5H,6H2,1-2H3,(H,15,18). The number of carbonyl (C=O) groups is 1. The average Bonchev–Trinajstić information content (AvgIpc) is 2.75. The van der Waals surface area contributed by atoms with Crippen LogP contribution < -0.4 is 5.32 Å². The second kappa shape index (κ2) is 5.92. The molecule has 0 atom stereocenters. The number of hydrogen-bond donors (Lipinski definition) is 1. The molecule has 2 rings (SSSR count). The van der Waals surface area contributed by atoms with Crippen LogP contribution in [0.4, 0.5) is 5.69 Å². The first-order valence-corrected chi connectivity index (χ1v) is 6.42. The minimum atomic E-state index is -0.632. The van der Waals surface area contributed by atoms with E-state index >= 15 is 0 Å². The van der Waals surface area contributed by atoms with Crippen LogP contribution in [0.1, 0.15) is 27.4 Å². The molecule has 8 heteroatoms. The van der Waals surface area contributed by atoms with Crippen molar-refractivity contribution in [3.63, 3.8) is 0 Å². The van der Waals surface area contributed by atoms with E-state index in [0.29, 0.717) is 11.5 Å². The van der Waals surface area contributed by atoms with E-state index in [-0.39, 0.29) is 22.8 Å². The van der Waals surface area contributed by atoms with Gasteiger partial charge in [0, 0.05) is 18.2 Å². The minimum absolute atomic E-state index is 0.0534. The quantitative estimate of drug-likeness (QED) is 0.691. The summed E-state index contributed by atoms with van der Waals surface area (Å²) in [6.07, 6.45) is 0. The Morgan fingerprint density at radius 2 is 2.19 bits per heavy atom. The molecule has 1 N–H and O–H groups in total. The number of aromatic nitrogens is 1. The van der Waals surface area contributed by atoms with Crippen LogP contribution >= 0.6 is 11.6 Å². The number of nitro groups is 1. The molecule has 1 amide bonds. The molecule has 110 valence electrons. The van der Waals surface area contributed by atoms with Gasteiger partial charge in [0.05, 0.1) is 16.2 Å². The van der Waals surface area contributed by atoms with E-state index in [9.17, 15) is 14.9 Å². The Balaban J connectivity index is 2.18. The second-order valence-corrected chi connectivity index (χ2v) is 4.76. The number of halogens is 1. The molecule has 0 aliphatic carbocycles. The van der Waals surface area contributed by atoms with E-state index in [1.807, 2.05) is 0 Å². The molecule has 0 saturated carbocycles. The number of benzene rings is 1. The average molecular weight is 310 g/mol. The van der Waals surface area contributed by atoms with Crippen molar-refractivity contribution in [1.29, 1.82) is 0 Å². The second-order valence-electron chi connectivity index (χ2n) is 4.38. The zero-order valence-electron chi connectivity index (χ0n) is 11.3. The molecule has 1 aromatic heterocycles. The van der Waals surface area contributed by atoms with Crippen LogP contribution in [0, 0.1) is 24.0 Å². The molecular weight excluding hydrogens is 298 g/mol. The van der Waals surface area contributed by atoms with Gasteiger partial charge in [0.25, 0.3) is 11.6 Å². The molecule has 0 unspecified atom stereocenters. The zero-order valence-corrected chi connectivity index (χ0v) is 12.1. The summed E-state index contributed by atoms with van der Waals surface area (Å²) in [5.74, 6) is 0.113. The highest BCUT2D eigenvalue weighted by atomic mass is 35.5. The summed E-state index contributed by atoms with van der Waals surface area (Å²) in [7, 11) is 0. The Hall–Kier alpha value is -2.41. The predicted molar refractivity (Wildman–Crippen MR) is 75.3 cm³/mol. The van der Waals surface area contributed by atoms with E-state index in [1.165, 1.54) is 18.2 Å². The van der Waals surface area contributed by atoms with E-state index in [2.05, 4.69) is 10.5 Å². The monoisotopic (exact) mass is 309 g/mol. The van der Waals surface area contributed by atoms with Gasteiger partial charge in [-0.05, 0) is 19.9 Å². The topological polar surface area (TPSA) is 98.3 Å². The molecule has 0 fully saturated rings. The number of carbonyl (C=O) groups excluding carboxylic acids is 1. The van der Waals surface area contributed by atoms with Crippen LogP contribution in [0.25, 0.3) is 0 Å². The fourth-order valence-electron chi connectivity index (χ4n) is 1.85. The number of amides is 1. The van der Waals surface area contributed by atoms with Crippen molar-refractivity contribution in [3.05, 3.63) is 55.9 Å². The van der Waals surface area contributed by atoms with Crippen LogP contribution in [0.15, 0.2) is 22.7 Å².